The molecule has 116 valence electrons. The number of benzene rings is 1. The number of carbonyl (C=O) groups is 1. The van der Waals surface area contributed by atoms with Gasteiger partial charge in [-0.05, 0) is 50.6 Å². The fraction of sp³-hybridized carbons (Fsp3) is 0.316. The van der Waals surface area contributed by atoms with Gasteiger partial charge in [0.1, 0.15) is 5.60 Å². The molecule has 0 saturated carbocycles. The first-order valence-corrected chi connectivity index (χ1v) is 8.35. The molecular weight excluding hydrogens is 292 g/mol. The van der Waals surface area contributed by atoms with Crippen molar-refractivity contribution in [2.24, 2.45) is 0 Å². The quantitative estimate of drug-likeness (QED) is 0.566. The summed E-state index contributed by atoms with van der Waals surface area (Å²) in [5.41, 5.74) is 1.46. The van der Waals surface area contributed by atoms with Crippen molar-refractivity contribution in [3.8, 4) is 0 Å². The van der Waals surface area contributed by atoms with Gasteiger partial charge in [0.05, 0.1) is 5.57 Å². The van der Waals surface area contributed by atoms with E-state index in [1.807, 2.05) is 62.6 Å². The van der Waals surface area contributed by atoms with E-state index in [2.05, 4.69) is 12.1 Å². The fourth-order valence-electron chi connectivity index (χ4n) is 2.08. The Morgan fingerprint density at radius 1 is 1.14 bits per heavy atom. The molecule has 0 unspecified atom stereocenters. The Balaban J connectivity index is 2.11. The number of carbonyl (C=O) groups excluding carboxylic acids is 1. The van der Waals surface area contributed by atoms with E-state index in [1.165, 1.54) is 5.56 Å². The van der Waals surface area contributed by atoms with Gasteiger partial charge in [-0.25, -0.2) is 4.79 Å². The fourth-order valence-corrected chi connectivity index (χ4v) is 2.83. The predicted molar refractivity (Wildman–Crippen MR) is 92.9 cm³/mol. The van der Waals surface area contributed by atoms with Gasteiger partial charge in [-0.2, -0.15) is 0 Å². The first-order chi connectivity index (χ1) is 10.5. The molecule has 0 aliphatic carbocycles. The molecule has 0 radical (unpaired) electrons. The summed E-state index contributed by atoms with van der Waals surface area (Å²) in [6, 6.07) is 14.2. The molecule has 2 rings (SSSR count). The number of thiophene rings is 1. The molecule has 0 fully saturated rings. The molecular formula is C19H22O2S. The maximum Gasteiger partial charge on any atom is 0.339 e. The van der Waals surface area contributed by atoms with Gasteiger partial charge in [0.25, 0.3) is 0 Å². The number of hydrogen-bond donors (Lipinski definition) is 0. The van der Waals surface area contributed by atoms with Crippen LogP contribution in [0, 0.1) is 0 Å². The molecule has 0 aliphatic rings. The molecule has 22 heavy (non-hydrogen) atoms. The van der Waals surface area contributed by atoms with Gasteiger partial charge in [0, 0.05) is 4.88 Å². The van der Waals surface area contributed by atoms with Crippen molar-refractivity contribution in [2.75, 3.05) is 0 Å². The number of rotatable bonds is 5. The van der Waals surface area contributed by atoms with Crippen molar-refractivity contribution in [1.82, 2.24) is 0 Å². The Hall–Kier alpha value is -1.87. The van der Waals surface area contributed by atoms with Gasteiger partial charge in [-0.3, -0.25) is 0 Å². The Kier molecular flexibility index (Phi) is 5.56. The van der Waals surface area contributed by atoms with Crippen molar-refractivity contribution >= 4 is 22.9 Å². The van der Waals surface area contributed by atoms with Crippen LogP contribution in [-0.4, -0.2) is 11.6 Å². The van der Waals surface area contributed by atoms with E-state index in [0.29, 0.717) is 5.57 Å². The Morgan fingerprint density at radius 2 is 1.86 bits per heavy atom. The minimum atomic E-state index is -0.479. The van der Waals surface area contributed by atoms with Crippen LogP contribution >= 0.6 is 11.3 Å². The molecule has 0 spiro atoms. The SMILES string of the molecule is CC(C)(C)OC(=O)C(=CCCc1ccccc1)c1cccs1. The minimum Gasteiger partial charge on any atom is -0.456 e. The molecule has 0 N–H and O–H groups in total. The van der Waals surface area contributed by atoms with Gasteiger partial charge in [-0.15, -0.1) is 11.3 Å². The second-order valence-electron chi connectivity index (χ2n) is 6.12. The summed E-state index contributed by atoms with van der Waals surface area (Å²) in [4.78, 5) is 13.4. The second kappa shape index (κ2) is 7.41. The zero-order chi connectivity index (χ0) is 16.0. The maximum absolute atomic E-state index is 12.4. The zero-order valence-electron chi connectivity index (χ0n) is 13.3. The highest BCUT2D eigenvalue weighted by molar-refractivity contribution is 7.11. The molecule has 1 heterocycles. The van der Waals surface area contributed by atoms with Crippen molar-refractivity contribution in [3.63, 3.8) is 0 Å². The van der Waals surface area contributed by atoms with E-state index in [4.69, 9.17) is 4.74 Å². The number of allylic oxidation sites excluding steroid dienone is 1. The number of hydrogen-bond acceptors (Lipinski definition) is 3. The third-order valence-electron chi connectivity index (χ3n) is 3.03. The highest BCUT2D eigenvalue weighted by Gasteiger charge is 2.21. The average Bonchev–Trinajstić information content (AvgIpc) is 2.96. The summed E-state index contributed by atoms with van der Waals surface area (Å²) in [7, 11) is 0. The maximum atomic E-state index is 12.4. The molecule has 3 heteroatoms. The summed E-state index contributed by atoms with van der Waals surface area (Å²) in [5, 5.41) is 1.98. The molecule has 1 aromatic carbocycles. The van der Waals surface area contributed by atoms with Gasteiger partial charge in [0.15, 0.2) is 0 Å². The molecule has 1 aromatic heterocycles. The van der Waals surface area contributed by atoms with Crippen molar-refractivity contribution < 1.29 is 9.53 Å². The van der Waals surface area contributed by atoms with Crippen LogP contribution in [0.2, 0.25) is 0 Å². The van der Waals surface area contributed by atoms with Gasteiger partial charge in [-0.1, -0.05) is 42.5 Å². The number of esters is 1. The van der Waals surface area contributed by atoms with E-state index in [9.17, 15) is 4.79 Å². The highest BCUT2D eigenvalue weighted by Crippen LogP contribution is 2.24. The van der Waals surface area contributed by atoms with E-state index < -0.39 is 5.60 Å². The Bertz CT molecular complexity index is 619. The molecule has 2 aromatic rings. The highest BCUT2D eigenvalue weighted by atomic mass is 32.1. The van der Waals surface area contributed by atoms with Crippen LogP contribution < -0.4 is 0 Å². The van der Waals surface area contributed by atoms with Gasteiger partial charge >= 0.3 is 5.97 Å². The van der Waals surface area contributed by atoms with E-state index in [1.54, 1.807) is 11.3 Å². The van der Waals surface area contributed by atoms with Crippen LogP contribution in [0.1, 0.15) is 37.6 Å². The lowest BCUT2D eigenvalue weighted by Gasteiger charge is -2.20. The Morgan fingerprint density at radius 3 is 2.45 bits per heavy atom. The summed E-state index contributed by atoms with van der Waals surface area (Å²) in [6.45, 7) is 5.67. The third kappa shape index (κ3) is 5.15. The van der Waals surface area contributed by atoms with Crippen LogP contribution in [0.4, 0.5) is 0 Å². The van der Waals surface area contributed by atoms with Crippen LogP contribution in [0.5, 0.6) is 0 Å². The molecule has 0 atom stereocenters. The lowest BCUT2D eigenvalue weighted by Crippen LogP contribution is -2.24. The number of aryl methyl sites for hydroxylation is 1. The smallest absolute Gasteiger partial charge is 0.339 e. The average molecular weight is 314 g/mol. The largest absolute Gasteiger partial charge is 0.456 e. The van der Waals surface area contributed by atoms with Crippen molar-refractivity contribution in [3.05, 3.63) is 64.4 Å². The second-order valence-corrected chi connectivity index (χ2v) is 7.07. The summed E-state index contributed by atoms with van der Waals surface area (Å²) in [6.07, 6.45) is 3.72. The topological polar surface area (TPSA) is 26.3 Å². The van der Waals surface area contributed by atoms with Crippen LogP contribution in [0.25, 0.3) is 5.57 Å². The first kappa shape index (κ1) is 16.5. The summed E-state index contributed by atoms with van der Waals surface area (Å²) < 4.78 is 5.53. The first-order valence-electron chi connectivity index (χ1n) is 7.47. The van der Waals surface area contributed by atoms with Crippen molar-refractivity contribution in [1.29, 1.82) is 0 Å². The summed E-state index contributed by atoms with van der Waals surface area (Å²) >= 11 is 1.56. The van der Waals surface area contributed by atoms with Crippen LogP contribution in [0.3, 0.4) is 0 Å². The van der Waals surface area contributed by atoms with E-state index in [-0.39, 0.29) is 5.97 Å². The summed E-state index contributed by atoms with van der Waals surface area (Å²) in [5.74, 6) is -0.247. The van der Waals surface area contributed by atoms with Crippen LogP contribution in [-0.2, 0) is 16.0 Å². The molecule has 0 amide bonds. The van der Waals surface area contributed by atoms with Gasteiger partial charge in [0.2, 0.25) is 0 Å². The molecule has 2 nitrogen and oxygen atoms in total. The normalized spacial score (nSPS) is 12.2. The standard InChI is InChI=1S/C19H22O2S/c1-19(2,3)21-18(20)16(17-13-8-14-22-17)12-7-11-15-9-5-4-6-10-15/h4-6,8-10,12-14H,7,11H2,1-3H3. The third-order valence-corrected chi connectivity index (χ3v) is 3.93. The predicted octanol–water partition coefficient (Wildman–Crippen LogP) is 5.11. The van der Waals surface area contributed by atoms with Gasteiger partial charge < -0.3 is 4.74 Å². The molecule has 0 saturated heterocycles. The number of ether oxygens (including phenoxy) is 1. The zero-order valence-corrected chi connectivity index (χ0v) is 14.2. The minimum absolute atomic E-state index is 0.247. The molecule has 0 aliphatic heterocycles. The Labute approximate surface area is 136 Å². The lowest BCUT2D eigenvalue weighted by atomic mass is 10.1. The van der Waals surface area contributed by atoms with E-state index in [0.717, 1.165) is 17.7 Å². The van der Waals surface area contributed by atoms with Crippen molar-refractivity contribution in [2.45, 2.75) is 39.2 Å². The lowest BCUT2D eigenvalue weighted by molar-refractivity contribution is -0.147. The molecule has 0 bridgehead atoms. The van der Waals surface area contributed by atoms with E-state index >= 15 is 0 Å². The monoisotopic (exact) mass is 314 g/mol. The van der Waals surface area contributed by atoms with Crippen LogP contribution in [0.15, 0.2) is 53.9 Å².